The van der Waals surface area contributed by atoms with Gasteiger partial charge in [0.15, 0.2) is 0 Å². The van der Waals surface area contributed by atoms with E-state index in [9.17, 15) is 9.59 Å². The average molecular weight is 332 g/mol. The lowest BCUT2D eigenvalue weighted by Gasteiger charge is -2.30. The van der Waals surface area contributed by atoms with E-state index in [1.807, 2.05) is 24.3 Å². The lowest BCUT2D eigenvalue weighted by atomic mass is 9.86. The number of carbonyl (C=O) groups is 2. The molecule has 2 aliphatic rings. The lowest BCUT2D eigenvalue weighted by molar-refractivity contribution is -0.124. The van der Waals surface area contributed by atoms with Crippen molar-refractivity contribution in [3.63, 3.8) is 0 Å². The Morgan fingerprint density at radius 2 is 2.09 bits per heavy atom. The van der Waals surface area contributed by atoms with Crippen LogP contribution in [0.3, 0.4) is 0 Å². The Labute approximate surface area is 142 Å². The third kappa shape index (κ3) is 3.89. The number of fused-ring (bicyclic) bond motifs is 1. The Morgan fingerprint density at radius 1 is 1.30 bits per heavy atom. The summed E-state index contributed by atoms with van der Waals surface area (Å²) in [6, 6.07) is 8.10. The largest absolute Gasteiger partial charge is 0.352 e. The van der Waals surface area contributed by atoms with Gasteiger partial charge in [-0.2, -0.15) is 0 Å². The van der Waals surface area contributed by atoms with Gasteiger partial charge in [0.1, 0.15) is 6.54 Å². The van der Waals surface area contributed by atoms with E-state index in [-0.39, 0.29) is 24.4 Å². The van der Waals surface area contributed by atoms with Gasteiger partial charge < -0.3 is 10.2 Å². The Bertz CT molecular complexity index is 590. The third-order valence-electron chi connectivity index (χ3n) is 4.79. The number of carbonyl (C=O) groups excluding carboxylic acids is 2. The van der Waals surface area contributed by atoms with Crippen molar-refractivity contribution in [1.82, 2.24) is 5.32 Å². The molecule has 0 aromatic heterocycles. The number of rotatable bonds is 3. The quantitative estimate of drug-likeness (QED) is 0.925. The second-order valence-corrected chi connectivity index (χ2v) is 7.62. The minimum atomic E-state index is -0.0428. The molecule has 1 aliphatic heterocycles. The number of hydrogen-bond donors (Lipinski definition) is 1. The first-order valence-corrected chi connectivity index (χ1v) is 9.45. The molecule has 2 amide bonds. The van der Waals surface area contributed by atoms with Gasteiger partial charge in [-0.05, 0) is 30.9 Å². The molecular weight excluding hydrogens is 308 g/mol. The Balaban J connectivity index is 1.70. The van der Waals surface area contributed by atoms with Gasteiger partial charge >= 0.3 is 0 Å². The zero-order valence-corrected chi connectivity index (χ0v) is 14.4. The minimum Gasteiger partial charge on any atom is -0.352 e. The van der Waals surface area contributed by atoms with Crippen molar-refractivity contribution in [2.24, 2.45) is 5.92 Å². The number of hydrogen-bond acceptors (Lipinski definition) is 3. The van der Waals surface area contributed by atoms with Gasteiger partial charge in [0.25, 0.3) is 0 Å². The van der Waals surface area contributed by atoms with Crippen LogP contribution in [0.1, 0.15) is 39.0 Å². The molecule has 4 nitrogen and oxygen atoms in total. The van der Waals surface area contributed by atoms with Crippen LogP contribution in [0, 0.1) is 5.92 Å². The molecule has 1 heterocycles. The molecule has 1 fully saturated rings. The monoisotopic (exact) mass is 332 g/mol. The summed E-state index contributed by atoms with van der Waals surface area (Å²) < 4.78 is 0. The van der Waals surface area contributed by atoms with E-state index >= 15 is 0 Å². The minimum absolute atomic E-state index is 0.0364. The zero-order valence-electron chi connectivity index (χ0n) is 13.6. The van der Waals surface area contributed by atoms with Crippen molar-refractivity contribution in [3.05, 3.63) is 24.3 Å². The van der Waals surface area contributed by atoms with Crippen molar-refractivity contribution in [1.29, 1.82) is 0 Å². The van der Waals surface area contributed by atoms with Gasteiger partial charge in [0, 0.05) is 23.1 Å². The normalized spacial score (nSPS) is 24.7. The van der Waals surface area contributed by atoms with Crippen LogP contribution in [0.25, 0.3) is 0 Å². The van der Waals surface area contributed by atoms with Crippen LogP contribution in [0.5, 0.6) is 0 Å². The van der Waals surface area contributed by atoms with Crippen molar-refractivity contribution < 1.29 is 9.59 Å². The zero-order chi connectivity index (χ0) is 16.2. The molecular formula is C18H24N2O2S. The van der Waals surface area contributed by atoms with Crippen LogP contribution < -0.4 is 10.2 Å². The predicted molar refractivity (Wildman–Crippen MR) is 93.7 cm³/mol. The van der Waals surface area contributed by atoms with Crippen molar-refractivity contribution in [2.45, 2.75) is 50.0 Å². The fourth-order valence-corrected chi connectivity index (χ4v) is 4.42. The number of para-hydroxylation sites is 1. The van der Waals surface area contributed by atoms with Gasteiger partial charge in [0.05, 0.1) is 5.69 Å². The van der Waals surface area contributed by atoms with Crippen LogP contribution >= 0.6 is 11.8 Å². The summed E-state index contributed by atoms with van der Waals surface area (Å²) in [6.45, 7) is 2.33. The molecule has 124 valence electrons. The number of thioether (sulfide) groups is 1. The Kier molecular flexibility index (Phi) is 5.26. The molecule has 1 aromatic rings. The SMILES string of the molecule is CC1CCCCC1NC(=O)CN1C(=O)CCSc2ccccc21. The van der Waals surface area contributed by atoms with Crippen LogP contribution in [0.4, 0.5) is 5.69 Å². The highest BCUT2D eigenvalue weighted by molar-refractivity contribution is 7.99. The topological polar surface area (TPSA) is 49.4 Å². The van der Waals surface area contributed by atoms with Gasteiger partial charge in [-0.15, -0.1) is 11.8 Å². The molecule has 23 heavy (non-hydrogen) atoms. The van der Waals surface area contributed by atoms with E-state index < -0.39 is 0 Å². The van der Waals surface area contributed by atoms with E-state index in [1.165, 1.54) is 19.3 Å². The van der Waals surface area contributed by atoms with Crippen molar-refractivity contribution in [2.75, 3.05) is 17.2 Å². The lowest BCUT2D eigenvalue weighted by Crippen LogP contribution is -2.47. The highest BCUT2D eigenvalue weighted by Gasteiger charge is 2.27. The second-order valence-electron chi connectivity index (χ2n) is 6.48. The average Bonchev–Trinajstić information content (AvgIpc) is 2.70. The Hall–Kier alpha value is -1.49. The molecule has 3 rings (SSSR count). The fraction of sp³-hybridized carbons (Fsp3) is 0.556. The van der Waals surface area contributed by atoms with Gasteiger partial charge in [0.2, 0.25) is 11.8 Å². The van der Waals surface area contributed by atoms with Crippen LogP contribution in [0.15, 0.2) is 29.2 Å². The number of amides is 2. The molecule has 1 aromatic carbocycles. The standard InChI is InChI=1S/C18H24N2O2S/c1-13-6-2-3-7-14(13)19-17(21)12-20-15-8-4-5-9-16(15)23-11-10-18(20)22/h4-5,8-9,13-14H,2-3,6-7,10-12H2,1H3,(H,19,21). The maximum absolute atomic E-state index is 12.5. The first-order valence-electron chi connectivity index (χ1n) is 8.46. The third-order valence-corrected chi connectivity index (χ3v) is 5.85. The van der Waals surface area contributed by atoms with E-state index in [0.29, 0.717) is 12.3 Å². The first-order chi connectivity index (χ1) is 11.1. The highest BCUT2D eigenvalue weighted by atomic mass is 32.2. The fourth-order valence-electron chi connectivity index (χ4n) is 3.42. The highest BCUT2D eigenvalue weighted by Crippen LogP contribution is 2.33. The molecule has 0 spiro atoms. The molecule has 2 unspecified atom stereocenters. The van der Waals surface area contributed by atoms with Crippen LogP contribution in [0.2, 0.25) is 0 Å². The number of anilines is 1. The van der Waals surface area contributed by atoms with E-state index in [0.717, 1.165) is 22.8 Å². The Morgan fingerprint density at radius 3 is 2.91 bits per heavy atom. The molecule has 1 N–H and O–H groups in total. The number of benzene rings is 1. The van der Waals surface area contributed by atoms with Gasteiger partial charge in [-0.1, -0.05) is 31.9 Å². The summed E-state index contributed by atoms with van der Waals surface area (Å²) in [5.41, 5.74) is 0.867. The summed E-state index contributed by atoms with van der Waals surface area (Å²) in [4.78, 5) is 27.6. The van der Waals surface area contributed by atoms with Crippen molar-refractivity contribution >= 4 is 29.3 Å². The molecule has 1 aliphatic carbocycles. The van der Waals surface area contributed by atoms with E-state index in [4.69, 9.17) is 0 Å². The van der Waals surface area contributed by atoms with E-state index in [1.54, 1.807) is 16.7 Å². The van der Waals surface area contributed by atoms with Crippen LogP contribution in [-0.4, -0.2) is 30.2 Å². The van der Waals surface area contributed by atoms with Crippen molar-refractivity contribution in [3.8, 4) is 0 Å². The maximum Gasteiger partial charge on any atom is 0.240 e. The van der Waals surface area contributed by atoms with Gasteiger partial charge in [-0.25, -0.2) is 0 Å². The number of nitrogens with one attached hydrogen (secondary N) is 1. The number of nitrogens with zero attached hydrogens (tertiary/aromatic N) is 1. The smallest absolute Gasteiger partial charge is 0.240 e. The second kappa shape index (κ2) is 7.39. The van der Waals surface area contributed by atoms with Gasteiger partial charge in [-0.3, -0.25) is 9.59 Å². The summed E-state index contributed by atoms with van der Waals surface area (Å²) in [5.74, 6) is 1.29. The summed E-state index contributed by atoms with van der Waals surface area (Å²) in [5, 5.41) is 3.15. The molecule has 2 atom stereocenters. The molecule has 5 heteroatoms. The summed E-state index contributed by atoms with van der Waals surface area (Å²) in [6.07, 6.45) is 5.13. The summed E-state index contributed by atoms with van der Waals surface area (Å²) >= 11 is 1.69. The maximum atomic E-state index is 12.5. The van der Waals surface area contributed by atoms with Crippen LogP contribution in [-0.2, 0) is 9.59 Å². The molecule has 1 saturated carbocycles. The van der Waals surface area contributed by atoms with E-state index in [2.05, 4.69) is 12.2 Å². The molecule has 0 saturated heterocycles. The molecule has 0 bridgehead atoms. The predicted octanol–water partition coefficient (Wildman–Crippen LogP) is 3.21. The summed E-state index contributed by atoms with van der Waals surface area (Å²) in [7, 11) is 0. The first kappa shape index (κ1) is 16.4. The molecule has 0 radical (unpaired) electrons.